The van der Waals surface area contributed by atoms with Crippen LogP contribution in [0.1, 0.15) is 39.2 Å². The van der Waals surface area contributed by atoms with Crippen molar-refractivity contribution in [2.45, 2.75) is 39.2 Å². The SMILES string of the molecule is CN=CC(=CN)c1cnc(N)nc1NCC1CCN(C(=O)OC(C)(C)C)CC1. The van der Waals surface area contributed by atoms with Gasteiger partial charge in [-0.1, -0.05) is 0 Å². The molecule has 9 heteroatoms. The lowest BCUT2D eigenvalue weighted by Gasteiger charge is -2.33. The van der Waals surface area contributed by atoms with E-state index in [1.165, 1.54) is 6.20 Å². The van der Waals surface area contributed by atoms with Crippen LogP contribution in [0.15, 0.2) is 17.4 Å². The van der Waals surface area contributed by atoms with E-state index in [0.29, 0.717) is 36.9 Å². The van der Waals surface area contributed by atoms with Gasteiger partial charge in [0, 0.05) is 56.4 Å². The van der Waals surface area contributed by atoms with Crippen LogP contribution in [0.25, 0.3) is 5.57 Å². The molecule has 1 fully saturated rings. The smallest absolute Gasteiger partial charge is 0.410 e. The molecule has 0 aliphatic carbocycles. The number of carbonyl (C=O) groups is 1. The van der Waals surface area contributed by atoms with Gasteiger partial charge in [0.2, 0.25) is 5.95 Å². The largest absolute Gasteiger partial charge is 0.444 e. The number of aromatic nitrogens is 2. The first-order valence-electron chi connectivity index (χ1n) is 9.42. The zero-order valence-corrected chi connectivity index (χ0v) is 17.1. The van der Waals surface area contributed by atoms with Crippen molar-refractivity contribution in [3.63, 3.8) is 0 Å². The monoisotopic (exact) mass is 389 g/mol. The molecule has 0 aromatic carbocycles. The third kappa shape index (κ3) is 6.11. The van der Waals surface area contributed by atoms with Crippen molar-refractivity contribution in [3.8, 4) is 0 Å². The van der Waals surface area contributed by atoms with Crippen LogP contribution in [0.2, 0.25) is 0 Å². The number of piperidine rings is 1. The van der Waals surface area contributed by atoms with Gasteiger partial charge in [0.25, 0.3) is 0 Å². The third-order valence-electron chi connectivity index (χ3n) is 4.39. The van der Waals surface area contributed by atoms with Crippen molar-refractivity contribution in [3.05, 3.63) is 18.0 Å². The Hall–Kier alpha value is -2.84. The van der Waals surface area contributed by atoms with Gasteiger partial charge in [-0.15, -0.1) is 0 Å². The van der Waals surface area contributed by atoms with Crippen molar-refractivity contribution < 1.29 is 9.53 Å². The molecule has 5 N–H and O–H groups in total. The highest BCUT2D eigenvalue weighted by molar-refractivity contribution is 6.11. The molecule has 0 bridgehead atoms. The van der Waals surface area contributed by atoms with Crippen molar-refractivity contribution >= 4 is 29.6 Å². The molecule has 0 unspecified atom stereocenters. The molecule has 154 valence electrons. The van der Waals surface area contributed by atoms with Crippen molar-refractivity contribution in [2.75, 3.05) is 37.7 Å². The number of likely N-dealkylation sites (tertiary alicyclic amines) is 1. The molecule has 1 amide bonds. The number of anilines is 2. The molecule has 28 heavy (non-hydrogen) atoms. The van der Waals surface area contributed by atoms with E-state index < -0.39 is 5.60 Å². The topological polar surface area (TPSA) is 132 Å². The number of amides is 1. The van der Waals surface area contributed by atoms with Gasteiger partial charge in [0.1, 0.15) is 11.4 Å². The average molecular weight is 390 g/mol. The van der Waals surface area contributed by atoms with E-state index in [9.17, 15) is 4.79 Å². The summed E-state index contributed by atoms with van der Waals surface area (Å²) in [6.07, 6.45) is 6.28. The molecule has 9 nitrogen and oxygen atoms in total. The average Bonchev–Trinajstić information content (AvgIpc) is 2.64. The molecule has 0 radical (unpaired) electrons. The summed E-state index contributed by atoms with van der Waals surface area (Å²) < 4.78 is 5.44. The Labute approximate surface area is 166 Å². The predicted octanol–water partition coefficient (Wildman–Crippen LogP) is 2.12. The first kappa shape index (κ1) is 21.5. The second kappa shape index (κ2) is 9.38. The third-order valence-corrected chi connectivity index (χ3v) is 4.39. The summed E-state index contributed by atoms with van der Waals surface area (Å²) in [7, 11) is 1.67. The van der Waals surface area contributed by atoms with Crippen LogP contribution >= 0.6 is 0 Å². The highest BCUT2D eigenvalue weighted by Gasteiger charge is 2.27. The first-order valence-corrected chi connectivity index (χ1v) is 9.42. The van der Waals surface area contributed by atoms with E-state index in [-0.39, 0.29) is 12.0 Å². The number of rotatable bonds is 5. The Balaban J connectivity index is 1.95. The van der Waals surface area contributed by atoms with Gasteiger partial charge in [0.05, 0.1) is 0 Å². The Kier molecular flexibility index (Phi) is 7.19. The van der Waals surface area contributed by atoms with E-state index in [1.807, 2.05) is 20.8 Å². The van der Waals surface area contributed by atoms with Gasteiger partial charge in [-0.2, -0.15) is 4.98 Å². The number of nitrogens with zero attached hydrogens (tertiary/aromatic N) is 4. The van der Waals surface area contributed by atoms with Crippen LogP contribution < -0.4 is 16.8 Å². The summed E-state index contributed by atoms with van der Waals surface area (Å²) >= 11 is 0. The lowest BCUT2D eigenvalue weighted by atomic mass is 9.97. The first-order chi connectivity index (χ1) is 13.2. The molecule has 0 spiro atoms. The summed E-state index contributed by atoms with van der Waals surface area (Å²) in [5, 5.41) is 3.36. The molecule has 2 rings (SSSR count). The number of allylic oxidation sites excluding steroid dienone is 1. The Morgan fingerprint density at radius 3 is 2.68 bits per heavy atom. The van der Waals surface area contributed by atoms with E-state index in [1.54, 1.807) is 24.4 Å². The number of nitrogens with one attached hydrogen (secondary N) is 1. The van der Waals surface area contributed by atoms with Crippen LogP contribution in [0.3, 0.4) is 0 Å². The van der Waals surface area contributed by atoms with Gasteiger partial charge in [-0.25, -0.2) is 9.78 Å². The second-order valence-electron chi connectivity index (χ2n) is 7.79. The van der Waals surface area contributed by atoms with Crippen LogP contribution in [0.5, 0.6) is 0 Å². The molecule has 1 aliphatic rings. The lowest BCUT2D eigenvalue weighted by Crippen LogP contribution is -2.42. The van der Waals surface area contributed by atoms with Gasteiger partial charge >= 0.3 is 6.09 Å². The van der Waals surface area contributed by atoms with Crippen LogP contribution in [-0.2, 0) is 4.74 Å². The lowest BCUT2D eigenvalue weighted by molar-refractivity contribution is 0.0188. The number of hydrogen-bond donors (Lipinski definition) is 3. The number of ether oxygens (including phenoxy) is 1. The van der Waals surface area contributed by atoms with Crippen LogP contribution in [0, 0.1) is 5.92 Å². The predicted molar refractivity (Wildman–Crippen MR) is 112 cm³/mol. The molecular formula is C19H31N7O2. The quantitative estimate of drug-likeness (QED) is 0.657. The molecule has 2 heterocycles. The number of hydrogen-bond acceptors (Lipinski definition) is 8. The van der Waals surface area contributed by atoms with Crippen LogP contribution in [0.4, 0.5) is 16.6 Å². The highest BCUT2D eigenvalue weighted by atomic mass is 16.6. The van der Waals surface area contributed by atoms with E-state index in [2.05, 4.69) is 20.3 Å². The fourth-order valence-electron chi connectivity index (χ4n) is 2.97. The Bertz CT molecular complexity index is 732. The van der Waals surface area contributed by atoms with Crippen molar-refractivity contribution in [1.29, 1.82) is 0 Å². The van der Waals surface area contributed by atoms with Crippen molar-refractivity contribution in [2.24, 2.45) is 16.6 Å². The standard InChI is InChI=1S/C19H31N7O2/c1-19(2,3)28-18(27)26-7-5-13(6-8-26)10-23-16-15(12-24-17(21)25-16)14(9-20)11-22-4/h9,11-13H,5-8,10,20H2,1-4H3,(H3,21,23,24,25). The Morgan fingerprint density at radius 1 is 1.43 bits per heavy atom. The molecule has 1 aliphatic heterocycles. The van der Waals surface area contributed by atoms with Crippen LogP contribution in [-0.4, -0.2) is 59.5 Å². The maximum Gasteiger partial charge on any atom is 0.410 e. The zero-order valence-electron chi connectivity index (χ0n) is 17.1. The molecule has 1 aromatic rings. The van der Waals surface area contributed by atoms with Crippen molar-refractivity contribution in [1.82, 2.24) is 14.9 Å². The number of nitrogen functional groups attached to an aromatic ring is 1. The molecule has 0 saturated carbocycles. The summed E-state index contributed by atoms with van der Waals surface area (Å²) in [6, 6.07) is 0. The fraction of sp³-hybridized carbons (Fsp3) is 0.579. The summed E-state index contributed by atoms with van der Waals surface area (Å²) in [4.78, 5) is 26.3. The van der Waals surface area contributed by atoms with Gasteiger partial charge in [0.15, 0.2) is 0 Å². The number of carbonyl (C=O) groups excluding carboxylic acids is 1. The maximum absolute atomic E-state index is 12.2. The zero-order chi connectivity index (χ0) is 20.7. The highest BCUT2D eigenvalue weighted by Crippen LogP contribution is 2.23. The minimum absolute atomic E-state index is 0.191. The van der Waals surface area contributed by atoms with E-state index in [4.69, 9.17) is 16.2 Å². The van der Waals surface area contributed by atoms with E-state index >= 15 is 0 Å². The van der Waals surface area contributed by atoms with Gasteiger partial charge < -0.3 is 26.4 Å². The number of aliphatic imine (C=N–C) groups is 1. The maximum atomic E-state index is 12.2. The van der Waals surface area contributed by atoms with E-state index in [0.717, 1.165) is 18.4 Å². The molecule has 0 atom stereocenters. The second-order valence-corrected chi connectivity index (χ2v) is 7.79. The Morgan fingerprint density at radius 2 is 2.11 bits per heavy atom. The molecule has 1 saturated heterocycles. The summed E-state index contributed by atoms with van der Waals surface area (Å²) in [5.74, 6) is 1.22. The summed E-state index contributed by atoms with van der Waals surface area (Å²) in [5.41, 5.74) is 12.4. The number of nitrogens with two attached hydrogens (primary N) is 2. The van der Waals surface area contributed by atoms with Gasteiger partial charge in [-0.05, 0) is 39.5 Å². The minimum Gasteiger partial charge on any atom is -0.444 e. The molecule has 1 aromatic heterocycles. The minimum atomic E-state index is -0.477. The normalized spacial score (nSPS) is 16.4. The molecular weight excluding hydrogens is 358 g/mol. The van der Waals surface area contributed by atoms with Gasteiger partial charge in [-0.3, -0.25) is 4.99 Å². The summed E-state index contributed by atoms with van der Waals surface area (Å²) in [6.45, 7) is 7.69. The fourth-order valence-corrected chi connectivity index (χ4v) is 2.97.